The summed E-state index contributed by atoms with van der Waals surface area (Å²) >= 11 is 12.5. The number of hydrogen-bond acceptors (Lipinski definition) is 4. The van der Waals surface area contributed by atoms with Gasteiger partial charge in [0.15, 0.2) is 11.5 Å². The Kier molecular flexibility index (Phi) is 5.83. The summed E-state index contributed by atoms with van der Waals surface area (Å²) in [6.45, 7) is 1.70. The number of ether oxygens (including phenoxy) is 2. The Morgan fingerprint density at radius 1 is 1.14 bits per heavy atom. The first-order valence-corrected chi connectivity index (χ1v) is 10.2. The average Bonchev–Trinajstić information content (AvgIpc) is 2.93. The van der Waals surface area contributed by atoms with Crippen molar-refractivity contribution in [3.63, 3.8) is 0 Å². The molecule has 1 N–H and O–H groups in total. The van der Waals surface area contributed by atoms with Gasteiger partial charge in [0.05, 0.1) is 34.9 Å². The lowest BCUT2D eigenvalue weighted by molar-refractivity contribution is -0.126. The number of rotatable bonds is 4. The Morgan fingerprint density at radius 3 is 2.76 bits per heavy atom. The summed E-state index contributed by atoms with van der Waals surface area (Å²) in [6.07, 6.45) is 0.938. The van der Waals surface area contributed by atoms with Gasteiger partial charge in [-0.1, -0.05) is 35.3 Å². The van der Waals surface area contributed by atoms with E-state index in [-0.39, 0.29) is 24.8 Å². The van der Waals surface area contributed by atoms with Crippen molar-refractivity contribution in [2.75, 3.05) is 24.7 Å². The lowest BCUT2D eigenvalue weighted by atomic mass is 10.1. The third-order valence-electron chi connectivity index (χ3n) is 4.97. The Labute approximate surface area is 178 Å². The molecule has 2 heterocycles. The predicted molar refractivity (Wildman–Crippen MR) is 111 cm³/mol. The highest BCUT2D eigenvalue weighted by molar-refractivity contribution is 6.34. The summed E-state index contributed by atoms with van der Waals surface area (Å²) in [7, 11) is 0. The third kappa shape index (κ3) is 4.28. The van der Waals surface area contributed by atoms with Gasteiger partial charge < -0.3 is 19.7 Å². The molecule has 1 atom stereocenters. The van der Waals surface area contributed by atoms with Crippen LogP contribution in [0, 0.1) is 5.92 Å². The summed E-state index contributed by atoms with van der Waals surface area (Å²) in [5.74, 6) is 0.388. The summed E-state index contributed by atoms with van der Waals surface area (Å²) in [5, 5.41) is 3.83. The summed E-state index contributed by atoms with van der Waals surface area (Å²) in [5.41, 5.74) is 1.43. The quantitative estimate of drug-likeness (QED) is 0.793. The Morgan fingerprint density at radius 2 is 1.93 bits per heavy atom. The number of nitrogens with zero attached hydrogens (tertiary/aromatic N) is 1. The number of para-hydroxylation sites is 1. The monoisotopic (exact) mass is 434 g/mol. The minimum atomic E-state index is -0.436. The Hall–Kier alpha value is -2.44. The molecule has 2 aromatic carbocycles. The maximum Gasteiger partial charge on any atom is 0.227 e. The fourth-order valence-corrected chi connectivity index (χ4v) is 4.03. The molecular weight excluding hydrogens is 415 g/mol. The molecule has 1 fully saturated rings. The molecular formula is C21H20Cl2N2O4. The van der Waals surface area contributed by atoms with Crippen LogP contribution in [0.1, 0.15) is 18.4 Å². The van der Waals surface area contributed by atoms with Crippen LogP contribution in [-0.4, -0.2) is 31.6 Å². The largest absolute Gasteiger partial charge is 0.489 e. The van der Waals surface area contributed by atoms with Crippen molar-refractivity contribution in [2.24, 2.45) is 5.92 Å². The van der Waals surface area contributed by atoms with E-state index in [1.54, 1.807) is 29.2 Å². The molecule has 1 saturated heterocycles. The van der Waals surface area contributed by atoms with Crippen LogP contribution in [0.5, 0.6) is 11.5 Å². The molecule has 8 heteroatoms. The molecule has 6 nitrogen and oxygen atoms in total. The highest BCUT2D eigenvalue weighted by Gasteiger charge is 2.35. The SMILES string of the molecule is O=C(NCc1cc(Cl)c2c(c1)OCCCO2)C1CC(=O)N(c2ccccc2Cl)C1. The molecule has 2 aliphatic rings. The van der Waals surface area contributed by atoms with E-state index in [1.807, 2.05) is 12.1 Å². The van der Waals surface area contributed by atoms with Gasteiger partial charge in [-0.3, -0.25) is 9.59 Å². The van der Waals surface area contributed by atoms with Crippen molar-refractivity contribution in [3.05, 3.63) is 52.0 Å². The molecule has 0 spiro atoms. The molecule has 1 unspecified atom stereocenters. The number of nitrogens with one attached hydrogen (secondary N) is 1. The van der Waals surface area contributed by atoms with Crippen molar-refractivity contribution < 1.29 is 19.1 Å². The molecule has 2 aliphatic heterocycles. The second-order valence-electron chi connectivity index (χ2n) is 7.03. The topological polar surface area (TPSA) is 67.9 Å². The summed E-state index contributed by atoms with van der Waals surface area (Å²) in [4.78, 5) is 26.6. The van der Waals surface area contributed by atoms with Crippen LogP contribution in [0.25, 0.3) is 0 Å². The Balaban J connectivity index is 1.40. The van der Waals surface area contributed by atoms with E-state index in [0.29, 0.717) is 47.0 Å². The normalized spacial score (nSPS) is 18.5. The van der Waals surface area contributed by atoms with Crippen LogP contribution < -0.4 is 19.7 Å². The number of hydrogen-bond donors (Lipinski definition) is 1. The van der Waals surface area contributed by atoms with E-state index < -0.39 is 5.92 Å². The second-order valence-corrected chi connectivity index (χ2v) is 7.84. The third-order valence-corrected chi connectivity index (χ3v) is 5.57. The summed E-state index contributed by atoms with van der Waals surface area (Å²) in [6, 6.07) is 10.7. The van der Waals surface area contributed by atoms with Crippen molar-refractivity contribution in [1.29, 1.82) is 0 Å². The predicted octanol–water partition coefficient (Wildman–Crippen LogP) is 3.82. The van der Waals surface area contributed by atoms with Crippen LogP contribution in [0.3, 0.4) is 0 Å². The van der Waals surface area contributed by atoms with Gasteiger partial charge in [-0.15, -0.1) is 0 Å². The van der Waals surface area contributed by atoms with Gasteiger partial charge in [-0.25, -0.2) is 0 Å². The van der Waals surface area contributed by atoms with Gasteiger partial charge in [-0.05, 0) is 29.8 Å². The number of anilines is 1. The molecule has 0 bridgehead atoms. The first-order valence-electron chi connectivity index (χ1n) is 9.43. The van der Waals surface area contributed by atoms with Crippen LogP contribution in [0.4, 0.5) is 5.69 Å². The van der Waals surface area contributed by atoms with Crippen LogP contribution in [0.15, 0.2) is 36.4 Å². The van der Waals surface area contributed by atoms with Gasteiger partial charge in [0, 0.05) is 25.9 Å². The van der Waals surface area contributed by atoms with E-state index in [4.69, 9.17) is 32.7 Å². The molecule has 2 aromatic rings. The number of amides is 2. The highest BCUT2D eigenvalue weighted by atomic mass is 35.5. The second kappa shape index (κ2) is 8.51. The van der Waals surface area contributed by atoms with E-state index in [0.717, 1.165) is 12.0 Å². The molecule has 0 saturated carbocycles. The number of carbonyl (C=O) groups excluding carboxylic acids is 2. The Bertz CT molecular complexity index is 950. The number of fused-ring (bicyclic) bond motifs is 1. The molecule has 152 valence electrons. The van der Waals surface area contributed by atoms with Crippen molar-refractivity contribution in [1.82, 2.24) is 5.32 Å². The molecule has 4 rings (SSSR count). The van der Waals surface area contributed by atoms with E-state index in [9.17, 15) is 9.59 Å². The van der Waals surface area contributed by atoms with E-state index >= 15 is 0 Å². The zero-order valence-electron chi connectivity index (χ0n) is 15.6. The first kappa shape index (κ1) is 19.9. The van der Waals surface area contributed by atoms with Gasteiger partial charge in [0.1, 0.15) is 0 Å². The fraction of sp³-hybridized carbons (Fsp3) is 0.333. The minimum Gasteiger partial charge on any atom is -0.489 e. The van der Waals surface area contributed by atoms with Crippen LogP contribution >= 0.6 is 23.2 Å². The standard InChI is InChI=1S/C21H20Cl2N2O4/c22-15-4-1-2-5-17(15)25-12-14(10-19(25)26)21(27)24-11-13-8-16(23)20-18(9-13)28-6-3-7-29-20/h1-2,4-5,8-9,14H,3,6-7,10-12H2,(H,24,27). The lowest BCUT2D eigenvalue weighted by Gasteiger charge is -2.18. The van der Waals surface area contributed by atoms with E-state index in [2.05, 4.69) is 5.32 Å². The minimum absolute atomic E-state index is 0.114. The molecule has 0 aromatic heterocycles. The molecule has 2 amide bonds. The zero-order valence-corrected chi connectivity index (χ0v) is 17.1. The van der Waals surface area contributed by atoms with Gasteiger partial charge in [-0.2, -0.15) is 0 Å². The maximum atomic E-state index is 12.6. The van der Waals surface area contributed by atoms with Crippen LogP contribution in [0.2, 0.25) is 10.0 Å². The average molecular weight is 435 g/mol. The van der Waals surface area contributed by atoms with Gasteiger partial charge in [0.2, 0.25) is 11.8 Å². The summed E-state index contributed by atoms with van der Waals surface area (Å²) < 4.78 is 11.3. The fourth-order valence-electron chi connectivity index (χ4n) is 3.51. The zero-order chi connectivity index (χ0) is 20.4. The lowest BCUT2D eigenvalue weighted by Crippen LogP contribution is -2.32. The van der Waals surface area contributed by atoms with Crippen molar-refractivity contribution >= 4 is 40.7 Å². The number of halogens is 2. The van der Waals surface area contributed by atoms with Gasteiger partial charge in [0.25, 0.3) is 0 Å². The van der Waals surface area contributed by atoms with Crippen LogP contribution in [-0.2, 0) is 16.1 Å². The molecule has 0 aliphatic carbocycles. The number of benzene rings is 2. The first-order chi connectivity index (χ1) is 14.0. The van der Waals surface area contributed by atoms with E-state index in [1.165, 1.54) is 0 Å². The maximum absolute atomic E-state index is 12.6. The molecule has 0 radical (unpaired) electrons. The highest BCUT2D eigenvalue weighted by Crippen LogP contribution is 2.38. The van der Waals surface area contributed by atoms with Crippen molar-refractivity contribution in [3.8, 4) is 11.5 Å². The molecule has 29 heavy (non-hydrogen) atoms. The smallest absolute Gasteiger partial charge is 0.227 e. The number of carbonyl (C=O) groups is 2. The van der Waals surface area contributed by atoms with Gasteiger partial charge >= 0.3 is 0 Å². The van der Waals surface area contributed by atoms with Crippen molar-refractivity contribution in [2.45, 2.75) is 19.4 Å².